The first-order chi connectivity index (χ1) is 21.3. The van der Waals surface area contributed by atoms with Crippen molar-refractivity contribution in [2.45, 2.75) is 53.6 Å². The Morgan fingerprint density at radius 3 is 2.30 bits per heavy atom. The summed E-state index contributed by atoms with van der Waals surface area (Å²) in [6, 6.07) is 14.0. The fourth-order valence-electron chi connectivity index (χ4n) is 4.84. The van der Waals surface area contributed by atoms with Gasteiger partial charge in [0, 0.05) is 31.5 Å². The quantitative estimate of drug-likeness (QED) is 0.217. The number of hydrogen-bond donors (Lipinski definition) is 5. The van der Waals surface area contributed by atoms with Gasteiger partial charge in [-0.05, 0) is 84.5 Å². The smallest absolute Gasteiger partial charge is 0.411 e. The van der Waals surface area contributed by atoms with E-state index in [2.05, 4.69) is 25.9 Å². The van der Waals surface area contributed by atoms with Gasteiger partial charge < -0.3 is 30.3 Å². The average Bonchev–Trinajstić information content (AvgIpc) is 3.04. The minimum atomic E-state index is -0.720. The molecule has 3 heterocycles. The van der Waals surface area contributed by atoms with Crippen LogP contribution in [0.25, 0.3) is 10.9 Å². The van der Waals surface area contributed by atoms with Crippen LogP contribution in [0.3, 0.4) is 0 Å². The summed E-state index contributed by atoms with van der Waals surface area (Å²) in [5.74, 6) is -0.221. The number of rotatable bonds is 2. The molecule has 0 saturated heterocycles. The highest BCUT2D eigenvalue weighted by Crippen LogP contribution is 2.27. The third kappa shape index (κ3) is 8.74. The van der Waals surface area contributed by atoms with Gasteiger partial charge in [0.1, 0.15) is 12.8 Å². The molecule has 1 unspecified atom stereocenters. The maximum atomic E-state index is 13.7. The van der Waals surface area contributed by atoms with Crippen molar-refractivity contribution in [1.29, 1.82) is 0 Å². The van der Waals surface area contributed by atoms with Crippen molar-refractivity contribution in [1.82, 2.24) is 15.3 Å². The van der Waals surface area contributed by atoms with Crippen LogP contribution < -0.4 is 21.5 Å². The molecular formula is C33H41N5O6. The van der Waals surface area contributed by atoms with Crippen molar-refractivity contribution in [3.63, 3.8) is 0 Å². The molecular weight excluding hydrogens is 562 g/mol. The zero-order valence-corrected chi connectivity index (χ0v) is 26.0. The maximum absolute atomic E-state index is 13.7. The lowest BCUT2D eigenvalue weighted by Gasteiger charge is -2.23. The van der Waals surface area contributed by atoms with E-state index in [1.54, 1.807) is 18.2 Å². The number of H-pyrrole nitrogens is 1. The number of aromatic amines is 1. The van der Waals surface area contributed by atoms with Crippen molar-refractivity contribution in [3.8, 4) is 0 Å². The standard InChI is InChI=1S/C29H29N5O4.C2H6.CH4O.CH2O/c1-16-4-5-21-12-20(16)14-30-28(36)26(33-22-6-7-25-24(13-22)27(35)32-15-31-25)19-10-17(2)23(18(3)11-19)8-9-38-29(37)34-21;3*1-2/h4-7,10-13,15,26,33H,8-9,14H2,1-3H3,(H,30,36)(H,34,37)(H,31,32,35);1-2H3;2H,1H3;1H2. The molecule has 2 aliphatic heterocycles. The van der Waals surface area contributed by atoms with Crippen molar-refractivity contribution in [3.05, 3.63) is 98.6 Å². The molecule has 0 saturated carbocycles. The highest BCUT2D eigenvalue weighted by molar-refractivity contribution is 5.88. The van der Waals surface area contributed by atoms with Crippen molar-refractivity contribution in [2.24, 2.45) is 0 Å². The summed E-state index contributed by atoms with van der Waals surface area (Å²) in [6.45, 7) is 12.4. The van der Waals surface area contributed by atoms with E-state index in [0.717, 1.165) is 40.5 Å². The molecule has 4 bridgehead atoms. The highest BCUT2D eigenvalue weighted by atomic mass is 16.5. The molecule has 3 aromatic carbocycles. The number of anilines is 2. The first kappa shape index (κ1) is 35.2. The molecule has 2 aliphatic rings. The Morgan fingerprint density at radius 1 is 0.932 bits per heavy atom. The highest BCUT2D eigenvalue weighted by Gasteiger charge is 2.23. The summed E-state index contributed by atoms with van der Waals surface area (Å²) < 4.78 is 5.43. The van der Waals surface area contributed by atoms with Crippen LogP contribution in [0.1, 0.15) is 53.3 Å². The van der Waals surface area contributed by atoms with Gasteiger partial charge in [0.15, 0.2) is 0 Å². The van der Waals surface area contributed by atoms with Crippen LogP contribution in [0.2, 0.25) is 0 Å². The van der Waals surface area contributed by atoms with Crippen molar-refractivity contribution >= 4 is 41.1 Å². The molecule has 234 valence electrons. The van der Waals surface area contributed by atoms with Gasteiger partial charge in [-0.1, -0.05) is 32.0 Å². The van der Waals surface area contributed by atoms with E-state index in [-0.39, 0.29) is 24.6 Å². The number of hydrogen-bond acceptors (Lipinski definition) is 8. The molecule has 6 rings (SSSR count). The summed E-state index contributed by atoms with van der Waals surface area (Å²) in [5.41, 5.74) is 7.24. The van der Waals surface area contributed by atoms with Gasteiger partial charge in [-0.25, -0.2) is 9.78 Å². The first-order valence-electron chi connectivity index (χ1n) is 14.2. The van der Waals surface area contributed by atoms with Crippen LogP contribution in [0.4, 0.5) is 16.2 Å². The number of aliphatic hydroxyl groups is 1. The van der Waals surface area contributed by atoms with E-state index in [1.165, 1.54) is 6.33 Å². The Labute approximate surface area is 257 Å². The van der Waals surface area contributed by atoms with Crippen LogP contribution in [0.5, 0.6) is 0 Å². The zero-order valence-electron chi connectivity index (χ0n) is 26.0. The van der Waals surface area contributed by atoms with Gasteiger partial charge in [-0.3, -0.25) is 14.9 Å². The molecule has 0 fully saturated rings. The largest absolute Gasteiger partial charge is 0.449 e. The molecule has 0 spiro atoms. The van der Waals surface area contributed by atoms with Gasteiger partial charge in [-0.15, -0.1) is 0 Å². The number of aromatic nitrogens is 2. The second-order valence-electron chi connectivity index (χ2n) is 9.54. The second-order valence-corrected chi connectivity index (χ2v) is 9.54. The van der Waals surface area contributed by atoms with Crippen LogP contribution in [0, 0.1) is 20.8 Å². The SMILES string of the molecule is C=O.CC.CO.Cc1ccc2cc1CNC(=O)C(Nc1ccc3nc[nH]c(=O)c3c1)c1cc(C)c(c(C)c1)CCOC(=O)N2. The lowest BCUT2D eigenvalue weighted by Crippen LogP contribution is -2.33. The number of ether oxygens (including phenoxy) is 1. The lowest BCUT2D eigenvalue weighted by molar-refractivity contribution is -0.122. The van der Waals surface area contributed by atoms with E-state index in [4.69, 9.17) is 14.6 Å². The fraction of sp³-hybridized carbons (Fsp3) is 0.303. The summed E-state index contributed by atoms with van der Waals surface area (Å²) >= 11 is 0. The normalized spacial score (nSPS) is 14.2. The van der Waals surface area contributed by atoms with Crippen molar-refractivity contribution in [2.75, 3.05) is 24.4 Å². The van der Waals surface area contributed by atoms with Crippen LogP contribution in [0.15, 0.2) is 59.7 Å². The number of aryl methyl sites for hydroxylation is 3. The minimum Gasteiger partial charge on any atom is -0.449 e. The summed E-state index contributed by atoms with van der Waals surface area (Å²) in [4.78, 5) is 53.1. The molecule has 4 aromatic rings. The molecule has 5 N–H and O–H groups in total. The van der Waals surface area contributed by atoms with Gasteiger partial charge in [-0.2, -0.15) is 0 Å². The van der Waals surface area contributed by atoms with Gasteiger partial charge in [0.25, 0.3) is 5.56 Å². The molecule has 2 amide bonds. The van der Waals surface area contributed by atoms with Gasteiger partial charge in [0.05, 0.1) is 23.8 Å². The molecule has 0 radical (unpaired) electrons. The number of carbonyl (C=O) groups excluding carboxylic acids is 3. The van der Waals surface area contributed by atoms with Gasteiger partial charge in [0.2, 0.25) is 5.91 Å². The fourth-order valence-corrected chi connectivity index (χ4v) is 4.84. The summed E-state index contributed by atoms with van der Waals surface area (Å²) in [7, 11) is 1.00. The second kappa shape index (κ2) is 17.2. The molecule has 0 aliphatic carbocycles. The van der Waals surface area contributed by atoms with Gasteiger partial charge >= 0.3 is 6.09 Å². The number of benzene rings is 3. The van der Waals surface area contributed by atoms with Crippen LogP contribution >= 0.6 is 0 Å². The number of aliphatic hydroxyl groups excluding tert-OH is 1. The molecule has 11 heteroatoms. The first-order valence-corrected chi connectivity index (χ1v) is 14.2. The number of carbonyl (C=O) groups is 3. The number of nitrogens with one attached hydrogen (secondary N) is 4. The minimum absolute atomic E-state index is 0.221. The maximum Gasteiger partial charge on any atom is 0.411 e. The Bertz CT molecular complexity index is 1610. The van der Waals surface area contributed by atoms with E-state index >= 15 is 0 Å². The lowest BCUT2D eigenvalue weighted by atomic mass is 9.93. The molecule has 11 nitrogen and oxygen atoms in total. The van der Waals surface area contributed by atoms with E-state index in [1.807, 2.05) is 71.7 Å². The Hall–Kier alpha value is -5.03. The van der Waals surface area contributed by atoms with E-state index in [9.17, 15) is 14.4 Å². The molecule has 44 heavy (non-hydrogen) atoms. The molecule has 1 aromatic heterocycles. The third-order valence-electron chi connectivity index (χ3n) is 6.90. The molecule has 1 atom stereocenters. The zero-order chi connectivity index (χ0) is 32.8. The number of amides is 2. The van der Waals surface area contributed by atoms with E-state index < -0.39 is 12.1 Å². The summed E-state index contributed by atoms with van der Waals surface area (Å²) in [6.07, 6.45) is 1.40. The predicted molar refractivity (Wildman–Crippen MR) is 173 cm³/mol. The number of nitrogens with zero attached hydrogens (tertiary/aromatic N) is 1. The monoisotopic (exact) mass is 603 g/mol. The predicted octanol–water partition coefficient (Wildman–Crippen LogP) is 4.87. The summed E-state index contributed by atoms with van der Waals surface area (Å²) in [5, 5.41) is 16.6. The van der Waals surface area contributed by atoms with Crippen LogP contribution in [-0.4, -0.2) is 47.6 Å². The average molecular weight is 604 g/mol. The Kier molecular flexibility index (Phi) is 13.7. The Morgan fingerprint density at radius 2 is 1.61 bits per heavy atom. The topological polar surface area (TPSA) is 163 Å². The third-order valence-corrected chi connectivity index (χ3v) is 6.90. The number of fused-ring (bicyclic) bond motifs is 10. The van der Waals surface area contributed by atoms with Crippen molar-refractivity contribution < 1.29 is 24.2 Å². The van der Waals surface area contributed by atoms with E-state index in [0.29, 0.717) is 28.7 Å². The van der Waals surface area contributed by atoms with Crippen LogP contribution in [-0.2, 0) is 27.3 Å². The Balaban J connectivity index is 0.00000106.